The molecule has 0 aliphatic carbocycles. The highest BCUT2D eigenvalue weighted by molar-refractivity contribution is 5.94. The van der Waals surface area contributed by atoms with Crippen molar-refractivity contribution < 1.29 is 14.7 Å². The number of nitrogens with one attached hydrogen (secondary N) is 1. The summed E-state index contributed by atoms with van der Waals surface area (Å²) in [6, 6.07) is 9.29. The highest BCUT2D eigenvalue weighted by Gasteiger charge is 2.02. The van der Waals surface area contributed by atoms with Gasteiger partial charge in [-0.15, -0.1) is 0 Å². The number of amides is 1. The van der Waals surface area contributed by atoms with Crippen molar-refractivity contribution in [1.29, 1.82) is 0 Å². The first-order chi connectivity index (χ1) is 9.66. The van der Waals surface area contributed by atoms with Crippen LogP contribution in [0.3, 0.4) is 0 Å². The van der Waals surface area contributed by atoms with Crippen molar-refractivity contribution in [2.45, 2.75) is 0 Å². The van der Waals surface area contributed by atoms with Crippen LogP contribution in [0.2, 0.25) is 0 Å². The Kier molecular flexibility index (Phi) is 4.18. The minimum atomic E-state index is -0.987. The highest BCUT2D eigenvalue weighted by Crippen LogP contribution is 2.02. The van der Waals surface area contributed by atoms with Crippen LogP contribution in [0.1, 0.15) is 26.3 Å². The lowest BCUT2D eigenvalue weighted by atomic mass is 10.1. The van der Waals surface area contributed by atoms with Crippen molar-refractivity contribution in [2.75, 3.05) is 0 Å². The van der Waals surface area contributed by atoms with Gasteiger partial charge in [-0.1, -0.05) is 12.1 Å². The van der Waals surface area contributed by atoms with Crippen LogP contribution < -0.4 is 5.43 Å². The van der Waals surface area contributed by atoms with Crippen molar-refractivity contribution in [2.24, 2.45) is 5.10 Å². The van der Waals surface area contributed by atoms with Gasteiger partial charge in [-0.2, -0.15) is 5.10 Å². The van der Waals surface area contributed by atoms with Crippen LogP contribution in [0, 0.1) is 0 Å². The Balaban J connectivity index is 1.96. The number of hydrogen-bond donors (Lipinski definition) is 2. The standard InChI is InChI=1S/C14H11N3O3/c18-13(11-5-7-15-8-6-11)17-16-9-10-1-3-12(4-2-10)14(19)20/h1-9H,(H,17,18)(H,19,20). The first-order valence-corrected chi connectivity index (χ1v) is 5.73. The largest absolute Gasteiger partial charge is 0.478 e. The average molecular weight is 269 g/mol. The zero-order valence-electron chi connectivity index (χ0n) is 10.4. The summed E-state index contributed by atoms with van der Waals surface area (Å²) < 4.78 is 0. The van der Waals surface area contributed by atoms with Gasteiger partial charge in [0.05, 0.1) is 11.8 Å². The summed E-state index contributed by atoms with van der Waals surface area (Å²) in [5.74, 6) is -1.33. The normalized spacial score (nSPS) is 10.4. The molecular weight excluding hydrogens is 258 g/mol. The molecule has 1 aromatic heterocycles. The Morgan fingerprint density at radius 2 is 1.70 bits per heavy atom. The second-order valence-corrected chi connectivity index (χ2v) is 3.86. The van der Waals surface area contributed by atoms with Gasteiger partial charge in [0.15, 0.2) is 0 Å². The monoisotopic (exact) mass is 269 g/mol. The number of carboxylic acids is 1. The average Bonchev–Trinajstić information content (AvgIpc) is 2.48. The third-order valence-corrected chi connectivity index (χ3v) is 2.48. The van der Waals surface area contributed by atoms with Gasteiger partial charge in [-0.05, 0) is 29.8 Å². The second-order valence-electron chi connectivity index (χ2n) is 3.86. The molecule has 0 radical (unpaired) electrons. The van der Waals surface area contributed by atoms with E-state index in [0.29, 0.717) is 11.1 Å². The molecule has 20 heavy (non-hydrogen) atoms. The Bertz CT molecular complexity index is 636. The van der Waals surface area contributed by atoms with E-state index in [1.165, 1.54) is 30.7 Å². The minimum absolute atomic E-state index is 0.197. The van der Waals surface area contributed by atoms with E-state index in [9.17, 15) is 9.59 Å². The Morgan fingerprint density at radius 3 is 2.30 bits per heavy atom. The fourth-order valence-electron chi connectivity index (χ4n) is 1.45. The van der Waals surface area contributed by atoms with E-state index in [2.05, 4.69) is 15.5 Å². The molecule has 0 fully saturated rings. The molecule has 1 aromatic carbocycles. The van der Waals surface area contributed by atoms with Crippen molar-refractivity contribution >= 4 is 18.1 Å². The molecule has 0 aliphatic heterocycles. The van der Waals surface area contributed by atoms with E-state index in [1.54, 1.807) is 24.3 Å². The van der Waals surface area contributed by atoms with E-state index in [1.807, 2.05) is 0 Å². The molecule has 1 amide bonds. The van der Waals surface area contributed by atoms with Gasteiger partial charge < -0.3 is 5.11 Å². The van der Waals surface area contributed by atoms with E-state index < -0.39 is 5.97 Å². The van der Waals surface area contributed by atoms with Crippen molar-refractivity contribution in [3.05, 3.63) is 65.5 Å². The zero-order valence-corrected chi connectivity index (χ0v) is 10.4. The molecule has 0 saturated heterocycles. The highest BCUT2D eigenvalue weighted by atomic mass is 16.4. The smallest absolute Gasteiger partial charge is 0.335 e. The van der Waals surface area contributed by atoms with Gasteiger partial charge in [0.1, 0.15) is 0 Å². The summed E-state index contributed by atoms with van der Waals surface area (Å²) in [5, 5.41) is 12.6. The third kappa shape index (κ3) is 3.49. The quantitative estimate of drug-likeness (QED) is 0.650. The molecule has 2 aromatic rings. The molecule has 2 N–H and O–H groups in total. The molecule has 6 nitrogen and oxygen atoms in total. The fourth-order valence-corrected chi connectivity index (χ4v) is 1.45. The molecule has 0 saturated carbocycles. The van der Waals surface area contributed by atoms with Crippen molar-refractivity contribution in [3.63, 3.8) is 0 Å². The number of benzene rings is 1. The van der Waals surface area contributed by atoms with Gasteiger partial charge in [-0.25, -0.2) is 10.2 Å². The molecule has 6 heteroatoms. The number of carbonyl (C=O) groups excluding carboxylic acids is 1. The lowest BCUT2D eigenvalue weighted by molar-refractivity contribution is 0.0696. The van der Waals surface area contributed by atoms with E-state index in [4.69, 9.17) is 5.11 Å². The summed E-state index contributed by atoms with van der Waals surface area (Å²) in [5.41, 5.74) is 3.71. The lowest BCUT2D eigenvalue weighted by Crippen LogP contribution is -2.17. The number of aromatic carboxylic acids is 1. The third-order valence-electron chi connectivity index (χ3n) is 2.48. The number of carboxylic acid groups (broad SMARTS) is 1. The summed E-state index contributed by atoms with van der Waals surface area (Å²) in [7, 11) is 0. The molecular formula is C14H11N3O3. The summed E-state index contributed by atoms with van der Waals surface area (Å²) >= 11 is 0. The molecule has 0 unspecified atom stereocenters. The maximum atomic E-state index is 11.6. The zero-order chi connectivity index (χ0) is 14.4. The number of hydrogen-bond acceptors (Lipinski definition) is 4. The van der Waals surface area contributed by atoms with Crippen LogP contribution in [0.5, 0.6) is 0 Å². The Labute approximate surface area is 114 Å². The number of carbonyl (C=O) groups is 2. The number of nitrogens with zero attached hydrogens (tertiary/aromatic N) is 2. The topological polar surface area (TPSA) is 91.6 Å². The number of aromatic nitrogens is 1. The maximum absolute atomic E-state index is 11.6. The van der Waals surface area contributed by atoms with Crippen LogP contribution in [-0.2, 0) is 0 Å². The van der Waals surface area contributed by atoms with E-state index in [-0.39, 0.29) is 11.5 Å². The minimum Gasteiger partial charge on any atom is -0.478 e. The van der Waals surface area contributed by atoms with Crippen LogP contribution in [0.4, 0.5) is 0 Å². The molecule has 0 atom stereocenters. The predicted octanol–water partition coefficient (Wildman–Crippen LogP) is 1.54. The van der Waals surface area contributed by atoms with Crippen LogP contribution >= 0.6 is 0 Å². The molecule has 0 aliphatic rings. The van der Waals surface area contributed by atoms with Gasteiger partial charge in [0.25, 0.3) is 5.91 Å². The molecule has 1 heterocycles. The first-order valence-electron chi connectivity index (χ1n) is 5.73. The van der Waals surface area contributed by atoms with Gasteiger partial charge >= 0.3 is 5.97 Å². The van der Waals surface area contributed by atoms with Crippen LogP contribution in [0.15, 0.2) is 53.9 Å². The van der Waals surface area contributed by atoms with E-state index >= 15 is 0 Å². The molecule has 0 spiro atoms. The Hall–Kier alpha value is -3.02. The molecule has 2 rings (SSSR count). The molecule has 0 bridgehead atoms. The van der Waals surface area contributed by atoms with Crippen molar-refractivity contribution in [3.8, 4) is 0 Å². The lowest BCUT2D eigenvalue weighted by Gasteiger charge is -1.99. The van der Waals surface area contributed by atoms with Gasteiger partial charge in [0.2, 0.25) is 0 Å². The number of pyridine rings is 1. The van der Waals surface area contributed by atoms with Crippen molar-refractivity contribution in [1.82, 2.24) is 10.4 Å². The maximum Gasteiger partial charge on any atom is 0.335 e. The summed E-state index contributed by atoms with van der Waals surface area (Å²) in [4.78, 5) is 26.1. The van der Waals surface area contributed by atoms with Crippen LogP contribution in [0.25, 0.3) is 0 Å². The number of hydrazone groups is 1. The fraction of sp³-hybridized carbons (Fsp3) is 0. The Morgan fingerprint density at radius 1 is 1.05 bits per heavy atom. The SMILES string of the molecule is O=C(O)c1ccc(C=NNC(=O)c2ccncc2)cc1. The van der Waals surface area contributed by atoms with Gasteiger partial charge in [-0.3, -0.25) is 9.78 Å². The molecule has 100 valence electrons. The first kappa shape index (κ1) is 13.4. The second kappa shape index (κ2) is 6.24. The summed E-state index contributed by atoms with van der Waals surface area (Å²) in [6.07, 6.45) is 4.47. The predicted molar refractivity (Wildman–Crippen MR) is 72.7 cm³/mol. The number of rotatable bonds is 4. The summed E-state index contributed by atoms with van der Waals surface area (Å²) in [6.45, 7) is 0. The van der Waals surface area contributed by atoms with Crippen LogP contribution in [-0.4, -0.2) is 28.2 Å². The van der Waals surface area contributed by atoms with E-state index in [0.717, 1.165) is 0 Å². The van der Waals surface area contributed by atoms with Gasteiger partial charge in [0, 0.05) is 18.0 Å².